The van der Waals surface area contributed by atoms with E-state index in [2.05, 4.69) is 0 Å². The van der Waals surface area contributed by atoms with Crippen LogP contribution in [0, 0.1) is 0 Å². The summed E-state index contributed by atoms with van der Waals surface area (Å²) in [5.41, 5.74) is 1.74. The second-order valence-electron chi connectivity index (χ2n) is 4.97. The second-order valence-corrected chi connectivity index (χ2v) is 4.97. The number of hydrogen-bond acceptors (Lipinski definition) is 4. The fourth-order valence-corrected chi connectivity index (χ4v) is 2.08. The van der Waals surface area contributed by atoms with Gasteiger partial charge in [-0.25, -0.2) is 4.79 Å². The number of aliphatic carboxylic acids is 1. The molecule has 6 heteroatoms. The minimum absolute atomic E-state index is 0.0253. The Hall–Kier alpha value is -3.15. The fourth-order valence-electron chi connectivity index (χ4n) is 2.08. The monoisotopic (exact) mass is 313 g/mol. The van der Waals surface area contributed by atoms with Crippen molar-refractivity contribution >= 4 is 17.5 Å². The quantitative estimate of drug-likeness (QED) is 0.485. The number of carbonyl (C=O) groups is 3. The molecule has 6 nitrogen and oxygen atoms in total. The lowest BCUT2D eigenvalue weighted by atomic mass is 10.1. The number of carboxylic acids is 1. The third-order valence-electron chi connectivity index (χ3n) is 3.28. The number of hydrogen-bond donors (Lipinski definition) is 2. The van der Waals surface area contributed by atoms with Gasteiger partial charge in [-0.05, 0) is 24.6 Å². The molecule has 2 aromatic rings. The number of allylic oxidation sites excluding steroid dienone is 1. The van der Waals surface area contributed by atoms with Crippen LogP contribution < -0.4 is 0 Å². The third-order valence-corrected chi connectivity index (χ3v) is 3.28. The molecule has 0 atom stereocenters. The van der Waals surface area contributed by atoms with Gasteiger partial charge < -0.3 is 14.8 Å². The molecular formula is C17H15NO5. The zero-order valence-corrected chi connectivity index (χ0v) is 12.4. The summed E-state index contributed by atoms with van der Waals surface area (Å²) in [7, 11) is 0. The van der Waals surface area contributed by atoms with Gasteiger partial charge in [0.2, 0.25) is 11.5 Å². The molecule has 23 heavy (non-hydrogen) atoms. The molecule has 1 heterocycles. The molecular weight excluding hydrogens is 298 g/mol. The number of carboxylic acid groups (broad SMARTS) is 1. The van der Waals surface area contributed by atoms with E-state index in [1.807, 2.05) is 0 Å². The number of carbonyl (C=O) groups excluding carboxylic acids is 2. The molecule has 0 saturated heterocycles. The largest absolute Gasteiger partial charge is 0.502 e. The molecule has 0 aliphatic heterocycles. The topological polar surface area (TPSA) is 96.6 Å². The van der Waals surface area contributed by atoms with E-state index in [1.54, 1.807) is 41.1 Å². The molecule has 1 aromatic carbocycles. The van der Waals surface area contributed by atoms with Gasteiger partial charge >= 0.3 is 5.97 Å². The minimum Gasteiger partial charge on any atom is -0.502 e. The number of rotatable bonds is 6. The maximum atomic E-state index is 12.0. The van der Waals surface area contributed by atoms with Gasteiger partial charge in [-0.3, -0.25) is 9.59 Å². The average molecular weight is 313 g/mol. The molecule has 0 aliphatic rings. The van der Waals surface area contributed by atoms with Crippen LogP contribution in [0.15, 0.2) is 54.4 Å². The Morgan fingerprint density at radius 2 is 1.74 bits per heavy atom. The van der Waals surface area contributed by atoms with Crippen molar-refractivity contribution in [3.63, 3.8) is 0 Å². The Kier molecular flexibility index (Phi) is 4.75. The lowest BCUT2D eigenvalue weighted by Gasteiger charge is -2.08. The van der Waals surface area contributed by atoms with Crippen LogP contribution >= 0.6 is 0 Å². The van der Waals surface area contributed by atoms with Crippen LogP contribution in [0.3, 0.4) is 0 Å². The Bertz CT molecular complexity index is 784. The number of aliphatic hydroxyl groups excluding tert-OH is 1. The number of nitrogens with zero attached hydrogens (tertiary/aromatic N) is 1. The smallest absolute Gasteiger partial charge is 0.371 e. The summed E-state index contributed by atoms with van der Waals surface area (Å²) in [6.07, 6.45) is 2.35. The molecule has 0 radical (unpaired) electrons. The highest BCUT2D eigenvalue weighted by atomic mass is 16.4. The predicted octanol–water partition coefficient (Wildman–Crippen LogP) is 2.45. The maximum absolute atomic E-state index is 12.0. The SMILES string of the molecule is CC(=O)c1ccc(Cn2cccc2C(=O)/C=C(\O)C(=O)O)cc1. The fraction of sp³-hybridized carbons (Fsp3) is 0.118. The molecule has 0 spiro atoms. The van der Waals surface area contributed by atoms with E-state index in [4.69, 9.17) is 10.2 Å². The zero-order valence-electron chi connectivity index (χ0n) is 12.4. The number of aliphatic hydroxyl groups is 1. The minimum atomic E-state index is -1.56. The number of benzene rings is 1. The summed E-state index contributed by atoms with van der Waals surface area (Å²) < 4.78 is 1.64. The third kappa shape index (κ3) is 3.94. The van der Waals surface area contributed by atoms with Gasteiger partial charge in [0.1, 0.15) is 0 Å². The number of ketones is 2. The van der Waals surface area contributed by atoms with E-state index in [0.29, 0.717) is 18.2 Å². The van der Waals surface area contributed by atoms with Gasteiger partial charge in [0.15, 0.2) is 5.78 Å². The Balaban J connectivity index is 2.21. The highest BCUT2D eigenvalue weighted by molar-refractivity contribution is 6.06. The standard InChI is InChI=1S/C17H15NO5/c1-11(19)13-6-4-12(5-7-13)10-18-8-2-3-14(18)15(20)9-16(21)17(22)23/h2-9,21H,10H2,1H3,(H,22,23)/b16-9-. The molecule has 0 bridgehead atoms. The van der Waals surface area contributed by atoms with Crippen molar-refractivity contribution < 1.29 is 24.6 Å². The van der Waals surface area contributed by atoms with Gasteiger partial charge in [-0.1, -0.05) is 24.3 Å². The van der Waals surface area contributed by atoms with Crippen molar-refractivity contribution in [1.29, 1.82) is 0 Å². The molecule has 0 aliphatic carbocycles. The van der Waals surface area contributed by atoms with Crippen LogP contribution in [0.2, 0.25) is 0 Å². The van der Waals surface area contributed by atoms with E-state index in [-0.39, 0.29) is 11.5 Å². The Labute approximate surface area is 132 Å². The van der Waals surface area contributed by atoms with E-state index in [9.17, 15) is 14.4 Å². The van der Waals surface area contributed by atoms with Crippen molar-refractivity contribution in [2.24, 2.45) is 0 Å². The van der Waals surface area contributed by atoms with Crippen molar-refractivity contribution in [2.75, 3.05) is 0 Å². The maximum Gasteiger partial charge on any atom is 0.371 e. The zero-order chi connectivity index (χ0) is 17.0. The summed E-state index contributed by atoms with van der Waals surface area (Å²) in [5.74, 6) is -3.19. The first-order chi connectivity index (χ1) is 10.9. The summed E-state index contributed by atoms with van der Waals surface area (Å²) in [6, 6.07) is 10.2. The summed E-state index contributed by atoms with van der Waals surface area (Å²) >= 11 is 0. The van der Waals surface area contributed by atoms with Crippen LogP contribution in [-0.2, 0) is 11.3 Å². The lowest BCUT2D eigenvalue weighted by Crippen LogP contribution is -2.10. The first-order valence-corrected chi connectivity index (χ1v) is 6.82. The van der Waals surface area contributed by atoms with Crippen molar-refractivity contribution in [2.45, 2.75) is 13.5 Å². The number of aromatic nitrogens is 1. The van der Waals surface area contributed by atoms with Crippen LogP contribution in [0.5, 0.6) is 0 Å². The van der Waals surface area contributed by atoms with Crippen molar-refractivity contribution in [3.8, 4) is 0 Å². The van der Waals surface area contributed by atoms with Crippen LogP contribution in [0.25, 0.3) is 0 Å². The lowest BCUT2D eigenvalue weighted by molar-refractivity contribution is -0.135. The molecule has 0 amide bonds. The van der Waals surface area contributed by atoms with Crippen molar-refractivity contribution in [1.82, 2.24) is 4.57 Å². The molecule has 118 valence electrons. The Morgan fingerprint density at radius 3 is 2.30 bits per heavy atom. The number of Topliss-reactive ketones (excluding diaryl/α,β-unsaturated/α-hetero) is 1. The van der Waals surface area contributed by atoms with Gasteiger partial charge in [0.05, 0.1) is 5.69 Å². The van der Waals surface area contributed by atoms with Gasteiger partial charge in [0, 0.05) is 24.4 Å². The van der Waals surface area contributed by atoms with E-state index in [1.165, 1.54) is 13.0 Å². The highest BCUT2D eigenvalue weighted by Gasteiger charge is 2.13. The normalized spacial score (nSPS) is 11.3. The van der Waals surface area contributed by atoms with Crippen LogP contribution in [0.4, 0.5) is 0 Å². The first-order valence-electron chi connectivity index (χ1n) is 6.82. The molecule has 0 unspecified atom stereocenters. The van der Waals surface area contributed by atoms with Crippen LogP contribution in [-0.4, -0.2) is 32.3 Å². The average Bonchev–Trinajstić information content (AvgIpc) is 2.95. The summed E-state index contributed by atoms with van der Waals surface area (Å²) in [5, 5.41) is 17.8. The van der Waals surface area contributed by atoms with Gasteiger partial charge in [-0.15, -0.1) is 0 Å². The molecule has 2 N–H and O–H groups in total. The summed E-state index contributed by atoms with van der Waals surface area (Å²) in [4.78, 5) is 33.8. The van der Waals surface area contributed by atoms with Gasteiger partial charge in [0.25, 0.3) is 0 Å². The van der Waals surface area contributed by atoms with Crippen LogP contribution in [0.1, 0.15) is 33.3 Å². The Morgan fingerprint density at radius 1 is 1.09 bits per heavy atom. The molecule has 1 aromatic heterocycles. The first kappa shape index (κ1) is 16.2. The van der Waals surface area contributed by atoms with E-state index in [0.717, 1.165) is 5.56 Å². The van der Waals surface area contributed by atoms with E-state index >= 15 is 0 Å². The van der Waals surface area contributed by atoms with Crippen molar-refractivity contribution in [3.05, 3.63) is 71.3 Å². The second kappa shape index (κ2) is 6.74. The van der Waals surface area contributed by atoms with E-state index < -0.39 is 17.5 Å². The highest BCUT2D eigenvalue weighted by Crippen LogP contribution is 2.11. The molecule has 0 saturated carbocycles. The molecule has 2 rings (SSSR count). The molecule has 0 fully saturated rings. The summed E-state index contributed by atoms with van der Waals surface area (Å²) in [6.45, 7) is 1.87. The van der Waals surface area contributed by atoms with Gasteiger partial charge in [-0.2, -0.15) is 0 Å². The predicted molar refractivity (Wildman–Crippen MR) is 82.7 cm³/mol.